The SMILES string of the molecule is O=C(c1ccn(C(F)F)n1)N1CCCC[C@@H]1CCN1CCCC1. The van der Waals surface area contributed by atoms with E-state index in [4.69, 9.17) is 0 Å². The molecule has 23 heavy (non-hydrogen) atoms. The lowest BCUT2D eigenvalue weighted by atomic mass is 9.98. The zero-order chi connectivity index (χ0) is 16.2. The van der Waals surface area contributed by atoms with Gasteiger partial charge in [0.25, 0.3) is 5.91 Å². The quantitative estimate of drug-likeness (QED) is 0.835. The summed E-state index contributed by atoms with van der Waals surface area (Å²) >= 11 is 0. The molecule has 1 aromatic rings. The maximum absolute atomic E-state index is 12.6. The highest BCUT2D eigenvalue weighted by molar-refractivity contribution is 5.92. The molecule has 0 aromatic carbocycles. The second-order valence-electron chi connectivity index (χ2n) is 6.44. The van der Waals surface area contributed by atoms with Gasteiger partial charge in [0.15, 0.2) is 5.69 Å². The van der Waals surface area contributed by atoms with Crippen LogP contribution < -0.4 is 0 Å². The molecule has 5 nitrogen and oxygen atoms in total. The minimum Gasteiger partial charge on any atom is -0.334 e. The van der Waals surface area contributed by atoms with Crippen LogP contribution in [0.3, 0.4) is 0 Å². The van der Waals surface area contributed by atoms with Crippen molar-refractivity contribution in [3.05, 3.63) is 18.0 Å². The van der Waals surface area contributed by atoms with Crippen LogP contribution in [0.5, 0.6) is 0 Å². The van der Waals surface area contributed by atoms with Crippen LogP contribution in [0.1, 0.15) is 55.6 Å². The van der Waals surface area contributed by atoms with E-state index in [1.54, 1.807) is 0 Å². The van der Waals surface area contributed by atoms with Crippen LogP contribution in [-0.4, -0.2) is 57.7 Å². The first-order valence-electron chi connectivity index (χ1n) is 8.52. The largest absolute Gasteiger partial charge is 0.334 e. The van der Waals surface area contributed by atoms with Crippen LogP contribution in [0.15, 0.2) is 12.3 Å². The van der Waals surface area contributed by atoms with Gasteiger partial charge in [0.05, 0.1) is 0 Å². The lowest BCUT2D eigenvalue weighted by molar-refractivity contribution is 0.0519. The number of rotatable bonds is 5. The van der Waals surface area contributed by atoms with Crippen molar-refractivity contribution in [3.63, 3.8) is 0 Å². The van der Waals surface area contributed by atoms with Crippen molar-refractivity contribution in [1.82, 2.24) is 19.6 Å². The molecule has 128 valence electrons. The van der Waals surface area contributed by atoms with Gasteiger partial charge in [-0.1, -0.05) is 0 Å². The monoisotopic (exact) mass is 326 g/mol. The molecule has 0 bridgehead atoms. The Morgan fingerprint density at radius 2 is 1.96 bits per heavy atom. The standard InChI is InChI=1S/C16H24F2N4O/c17-16(18)22-12-7-14(19-22)15(23)21-10-2-1-5-13(21)6-11-20-8-3-4-9-20/h7,12-13,16H,1-6,8-11H2/t13-/m1/s1. The summed E-state index contributed by atoms with van der Waals surface area (Å²) in [5.41, 5.74) is 0.123. The molecule has 2 aliphatic rings. The maximum atomic E-state index is 12.6. The molecule has 7 heteroatoms. The summed E-state index contributed by atoms with van der Waals surface area (Å²) in [5, 5.41) is 3.72. The van der Waals surface area contributed by atoms with Crippen molar-refractivity contribution in [3.8, 4) is 0 Å². The summed E-state index contributed by atoms with van der Waals surface area (Å²) in [6.45, 7) is 1.31. The summed E-state index contributed by atoms with van der Waals surface area (Å²) in [6.07, 6.45) is 7.75. The average Bonchev–Trinajstić information content (AvgIpc) is 3.24. The van der Waals surface area contributed by atoms with E-state index in [0.29, 0.717) is 11.2 Å². The fraction of sp³-hybridized carbons (Fsp3) is 0.750. The summed E-state index contributed by atoms with van der Waals surface area (Å²) in [7, 11) is 0. The molecule has 1 atom stereocenters. The third-order valence-corrected chi connectivity index (χ3v) is 4.89. The molecule has 3 rings (SSSR count). The Kier molecular flexibility index (Phi) is 5.25. The fourth-order valence-electron chi connectivity index (χ4n) is 3.61. The number of halogens is 2. The molecule has 1 aromatic heterocycles. The molecule has 0 saturated carbocycles. The highest BCUT2D eigenvalue weighted by atomic mass is 19.3. The molecule has 0 unspecified atom stereocenters. The van der Waals surface area contributed by atoms with Gasteiger partial charge in [-0.15, -0.1) is 0 Å². The lowest BCUT2D eigenvalue weighted by Gasteiger charge is -2.36. The van der Waals surface area contributed by atoms with Crippen LogP contribution in [0.2, 0.25) is 0 Å². The van der Waals surface area contributed by atoms with E-state index >= 15 is 0 Å². The van der Waals surface area contributed by atoms with Gasteiger partial charge in [-0.25, -0.2) is 4.68 Å². The number of likely N-dealkylation sites (tertiary alicyclic amines) is 2. The number of hydrogen-bond donors (Lipinski definition) is 0. The van der Waals surface area contributed by atoms with Crippen molar-refractivity contribution < 1.29 is 13.6 Å². The van der Waals surface area contributed by atoms with Gasteiger partial charge in [-0.3, -0.25) is 4.79 Å². The molecule has 2 saturated heterocycles. The van der Waals surface area contributed by atoms with Crippen molar-refractivity contribution >= 4 is 5.91 Å². The highest BCUT2D eigenvalue weighted by Crippen LogP contribution is 2.23. The van der Waals surface area contributed by atoms with Crippen LogP contribution in [0.4, 0.5) is 8.78 Å². The molecule has 2 fully saturated rings. The first kappa shape index (κ1) is 16.4. The van der Waals surface area contributed by atoms with Gasteiger partial charge in [0.1, 0.15) is 0 Å². The van der Waals surface area contributed by atoms with Crippen LogP contribution in [-0.2, 0) is 0 Å². The molecule has 1 amide bonds. The number of carbonyl (C=O) groups excluding carboxylic acids is 1. The van der Waals surface area contributed by atoms with E-state index in [1.807, 2.05) is 4.90 Å². The second kappa shape index (κ2) is 7.38. The summed E-state index contributed by atoms with van der Waals surface area (Å²) < 4.78 is 25.8. The third-order valence-electron chi connectivity index (χ3n) is 4.89. The number of carbonyl (C=O) groups is 1. The Balaban J connectivity index is 1.63. The van der Waals surface area contributed by atoms with Gasteiger partial charge >= 0.3 is 6.55 Å². The van der Waals surface area contributed by atoms with E-state index in [2.05, 4.69) is 10.00 Å². The van der Waals surface area contributed by atoms with Gasteiger partial charge in [-0.05, 0) is 57.7 Å². The average molecular weight is 326 g/mol. The van der Waals surface area contributed by atoms with Gasteiger partial charge in [0.2, 0.25) is 0 Å². The van der Waals surface area contributed by atoms with Crippen LogP contribution >= 0.6 is 0 Å². The third kappa shape index (κ3) is 3.88. The first-order chi connectivity index (χ1) is 11.1. The highest BCUT2D eigenvalue weighted by Gasteiger charge is 2.29. The Morgan fingerprint density at radius 3 is 2.65 bits per heavy atom. The van der Waals surface area contributed by atoms with E-state index in [1.165, 1.54) is 25.1 Å². The van der Waals surface area contributed by atoms with Crippen molar-refractivity contribution in [2.75, 3.05) is 26.2 Å². The van der Waals surface area contributed by atoms with E-state index in [-0.39, 0.29) is 17.6 Å². The maximum Gasteiger partial charge on any atom is 0.333 e. The molecule has 0 radical (unpaired) electrons. The topological polar surface area (TPSA) is 41.4 Å². The number of amides is 1. The number of nitrogens with zero attached hydrogens (tertiary/aromatic N) is 4. The normalized spacial score (nSPS) is 22.9. The van der Waals surface area contributed by atoms with Crippen LogP contribution in [0.25, 0.3) is 0 Å². The first-order valence-corrected chi connectivity index (χ1v) is 8.52. The minimum absolute atomic E-state index is 0.123. The van der Waals surface area contributed by atoms with Gasteiger partial charge in [0, 0.05) is 25.3 Å². The van der Waals surface area contributed by atoms with Crippen molar-refractivity contribution in [2.45, 2.75) is 51.1 Å². The van der Waals surface area contributed by atoms with Crippen molar-refractivity contribution in [1.29, 1.82) is 0 Å². The van der Waals surface area contributed by atoms with E-state index in [0.717, 1.165) is 45.3 Å². The molecule has 2 aliphatic heterocycles. The predicted molar refractivity (Wildman–Crippen MR) is 82.4 cm³/mol. The van der Waals surface area contributed by atoms with Crippen molar-refractivity contribution in [2.24, 2.45) is 0 Å². The van der Waals surface area contributed by atoms with Crippen LogP contribution in [0, 0.1) is 0 Å². The Morgan fingerprint density at radius 1 is 1.22 bits per heavy atom. The van der Waals surface area contributed by atoms with E-state index < -0.39 is 6.55 Å². The molecule has 0 aliphatic carbocycles. The predicted octanol–water partition coefficient (Wildman–Crippen LogP) is 2.76. The summed E-state index contributed by atoms with van der Waals surface area (Å²) in [6, 6.07) is 1.59. The molecule has 3 heterocycles. The van der Waals surface area contributed by atoms with Gasteiger partial charge < -0.3 is 9.80 Å². The number of aromatic nitrogens is 2. The number of piperidine rings is 1. The molecule has 0 N–H and O–H groups in total. The molecular weight excluding hydrogens is 302 g/mol. The smallest absolute Gasteiger partial charge is 0.333 e. The Bertz CT molecular complexity index is 528. The molecule has 0 spiro atoms. The second-order valence-corrected chi connectivity index (χ2v) is 6.44. The van der Waals surface area contributed by atoms with E-state index in [9.17, 15) is 13.6 Å². The Hall–Kier alpha value is -1.50. The minimum atomic E-state index is -2.70. The number of alkyl halides is 2. The molecular formula is C16H24F2N4O. The summed E-state index contributed by atoms with van der Waals surface area (Å²) in [5.74, 6) is -0.212. The summed E-state index contributed by atoms with van der Waals surface area (Å²) in [4.78, 5) is 16.9. The lowest BCUT2D eigenvalue weighted by Crippen LogP contribution is -2.45. The number of hydrogen-bond acceptors (Lipinski definition) is 3. The zero-order valence-corrected chi connectivity index (χ0v) is 13.3. The van der Waals surface area contributed by atoms with Gasteiger partial charge in [-0.2, -0.15) is 13.9 Å². The Labute approximate surface area is 135 Å². The zero-order valence-electron chi connectivity index (χ0n) is 13.3. The fourth-order valence-corrected chi connectivity index (χ4v) is 3.61.